The number of aromatic nitrogens is 1. The lowest BCUT2D eigenvalue weighted by Gasteiger charge is -2.10. The first-order valence-electron chi connectivity index (χ1n) is 6.04. The monoisotopic (exact) mass is 329 g/mol. The first-order chi connectivity index (χ1) is 9.69. The minimum Gasteiger partial charge on any atom is -0.325 e. The Kier molecular flexibility index (Phi) is 4.85. The van der Waals surface area contributed by atoms with E-state index in [-0.39, 0.29) is 5.91 Å². The van der Waals surface area contributed by atoms with E-state index in [0.29, 0.717) is 12.1 Å². The molecule has 4 nitrogen and oxygen atoms in total. The van der Waals surface area contributed by atoms with Crippen molar-refractivity contribution in [1.82, 2.24) is 4.98 Å². The fourth-order valence-electron chi connectivity index (χ4n) is 1.71. The second-order valence-electron chi connectivity index (χ2n) is 4.24. The van der Waals surface area contributed by atoms with Gasteiger partial charge in [-0.25, -0.2) is 0 Å². The Morgan fingerprint density at radius 2 is 1.90 bits per heavy atom. The van der Waals surface area contributed by atoms with Gasteiger partial charge in [-0.2, -0.15) is 5.26 Å². The minimum absolute atomic E-state index is 0.299. The van der Waals surface area contributed by atoms with Crippen molar-refractivity contribution in [2.24, 2.45) is 5.92 Å². The summed E-state index contributed by atoms with van der Waals surface area (Å²) in [6, 6.07) is 12.9. The predicted molar refractivity (Wildman–Crippen MR) is 79.8 cm³/mol. The van der Waals surface area contributed by atoms with Gasteiger partial charge in [-0.3, -0.25) is 9.78 Å². The maximum atomic E-state index is 12.1. The number of nitrogens with one attached hydrogen (secondary N) is 1. The van der Waals surface area contributed by atoms with Crippen LogP contribution in [0.1, 0.15) is 5.56 Å². The number of halogens is 1. The van der Waals surface area contributed by atoms with Crippen LogP contribution in [-0.2, 0) is 11.2 Å². The molecule has 0 aliphatic rings. The zero-order valence-electron chi connectivity index (χ0n) is 10.6. The van der Waals surface area contributed by atoms with Crippen LogP contribution in [-0.4, -0.2) is 10.9 Å². The Labute approximate surface area is 125 Å². The maximum absolute atomic E-state index is 12.1. The molecule has 0 aliphatic heterocycles. The van der Waals surface area contributed by atoms with E-state index in [4.69, 9.17) is 5.26 Å². The lowest BCUT2D eigenvalue weighted by Crippen LogP contribution is -2.23. The summed E-state index contributed by atoms with van der Waals surface area (Å²) in [5.74, 6) is -1.02. The zero-order chi connectivity index (χ0) is 14.4. The van der Waals surface area contributed by atoms with Crippen LogP contribution in [0.2, 0.25) is 0 Å². The van der Waals surface area contributed by atoms with Crippen molar-refractivity contribution in [3.63, 3.8) is 0 Å². The molecule has 1 aromatic heterocycles. The molecule has 2 rings (SSSR count). The number of nitrogens with zero attached hydrogens (tertiary/aromatic N) is 2. The Morgan fingerprint density at radius 3 is 2.50 bits per heavy atom. The molecule has 5 heteroatoms. The number of nitriles is 1. The first kappa shape index (κ1) is 14.2. The SMILES string of the molecule is N#C[C@@H](Cc1ccncc1)C(=O)Nc1ccc(Br)cc1. The number of carbonyl (C=O) groups is 1. The molecule has 0 aliphatic carbocycles. The molecule has 1 aromatic carbocycles. The van der Waals surface area contributed by atoms with Crippen molar-refractivity contribution in [3.8, 4) is 6.07 Å². The Hall–Kier alpha value is -2.19. The summed E-state index contributed by atoms with van der Waals surface area (Å²) in [7, 11) is 0. The van der Waals surface area contributed by atoms with Gasteiger partial charge < -0.3 is 5.32 Å². The molecule has 0 fully saturated rings. The van der Waals surface area contributed by atoms with Crippen molar-refractivity contribution in [1.29, 1.82) is 5.26 Å². The number of anilines is 1. The van der Waals surface area contributed by atoms with Gasteiger partial charge in [0.05, 0.1) is 6.07 Å². The van der Waals surface area contributed by atoms with Crippen LogP contribution in [0.25, 0.3) is 0 Å². The van der Waals surface area contributed by atoms with Crippen molar-refractivity contribution in [2.75, 3.05) is 5.32 Å². The van der Waals surface area contributed by atoms with Gasteiger partial charge in [0.2, 0.25) is 5.91 Å². The zero-order valence-corrected chi connectivity index (χ0v) is 12.2. The third kappa shape index (κ3) is 3.90. The summed E-state index contributed by atoms with van der Waals surface area (Å²) >= 11 is 3.33. The van der Waals surface area contributed by atoms with Gasteiger partial charge >= 0.3 is 0 Å². The van der Waals surface area contributed by atoms with E-state index < -0.39 is 5.92 Å². The molecule has 1 atom stereocenters. The smallest absolute Gasteiger partial charge is 0.242 e. The van der Waals surface area contributed by atoms with Crippen LogP contribution in [0.15, 0.2) is 53.3 Å². The molecule has 0 saturated heterocycles. The third-order valence-electron chi connectivity index (χ3n) is 2.77. The number of benzene rings is 1. The van der Waals surface area contributed by atoms with E-state index in [9.17, 15) is 4.79 Å². The van der Waals surface area contributed by atoms with Crippen LogP contribution < -0.4 is 5.32 Å². The number of hydrogen-bond acceptors (Lipinski definition) is 3. The van der Waals surface area contributed by atoms with Crippen LogP contribution in [0.4, 0.5) is 5.69 Å². The molecule has 20 heavy (non-hydrogen) atoms. The summed E-state index contributed by atoms with van der Waals surface area (Å²) in [5.41, 5.74) is 1.59. The van der Waals surface area contributed by atoms with Gasteiger partial charge in [-0.15, -0.1) is 0 Å². The highest BCUT2D eigenvalue weighted by Gasteiger charge is 2.18. The van der Waals surface area contributed by atoms with Crippen LogP contribution >= 0.6 is 15.9 Å². The van der Waals surface area contributed by atoms with Crippen LogP contribution in [0, 0.1) is 17.2 Å². The minimum atomic E-state index is -0.721. The van der Waals surface area contributed by atoms with Crippen LogP contribution in [0.5, 0.6) is 0 Å². The van der Waals surface area contributed by atoms with E-state index in [1.165, 1.54) is 0 Å². The molecule has 100 valence electrons. The van der Waals surface area contributed by atoms with Gasteiger partial charge in [-0.05, 0) is 48.4 Å². The molecule has 1 N–H and O–H groups in total. The Bertz CT molecular complexity index is 620. The predicted octanol–water partition coefficient (Wildman–Crippen LogP) is 3.17. The average Bonchev–Trinajstić information content (AvgIpc) is 2.48. The van der Waals surface area contributed by atoms with E-state index >= 15 is 0 Å². The molecule has 0 saturated carbocycles. The number of amides is 1. The molecule has 1 amide bonds. The van der Waals surface area contributed by atoms with Gasteiger partial charge in [-0.1, -0.05) is 15.9 Å². The standard InChI is InChI=1S/C15H12BrN3O/c16-13-1-3-14(4-2-13)19-15(20)12(10-17)9-11-5-7-18-8-6-11/h1-8,12H,9H2,(H,19,20)/t12-/m1/s1. The lowest BCUT2D eigenvalue weighted by atomic mass is 10.0. The van der Waals surface area contributed by atoms with Crippen molar-refractivity contribution < 1.29 is 4.79 Å². The van der Waals surface area contributed by atoms with Gasteiger partial charge in [0, 0.05) is 22.6 Å². The van der Waals surface area contributed by atoms with E-state index in [1.54, 1.807) is 36.7 Å². The lowest BCUT2D eigenvalue weighted by molar-refractivity contribution is -0.118. The summed E-state index contributed by atoms with van der Waals surface area (Å²) < 4.78 is 0.934. The molecule has 0 spiro atoms. The van der Waals surface area contributed by atoms with E-state index in [0.717, 1.165) is 10.0 Å². The largest absolute Gasteiger partial charge is 0.325 e. The molecule has 1 heterocycles. The average molecular weight is 330 g/mol. The van der Waals surface area contributed by atoms with E-state index in [2.05, 4.69) is 26.2 Å². The number of pyridine rings is 1. The fourth-order valence-corrected chi connectivity index (χ4v) is 1.98. The number of carbonyl (C=O) groups excluding carboxylic acids is 1. The fraction of sp³-hybridized carbons (Fsp3) is 0.133. The van der Waals surface area contributed by atoms with Gasteiger partial charge in [0.15, 0.2) is 0 Å². The third-order valence-corrected chi connectivity index (χ3v) is 3.30. The number of rotatable bonds is 4. The van der Waals surface area contributed by atoms with Gasteiger partial charge in [0.25, 0.3) is 0 Å². The molecule has 0 unspecified atom stereocenters. The maximum Gasteiger partial charge on any atom is 0.242 e. The molecular formula is C15H12BrN3O. The first-order valence-corrected chi connectivity index (χ1v) is 6.83. The molecular weight excluding hydrogens is 318 g/mol. The molecule has 2 aromatic rings. The highest BCUT2D eigenvalue weighted by Crippen LogP contribution is 2.16. The van der Waals surface area contributed by atoms with Gasteiger partial charge in [0.1, 0.15) is 5.92 Å². The Balaban J connectivity index is 2.03. The summed E-state index contributed by atoms with van der Waals surface area (Å²) in [6.07, 6.45) is 3.67. The van der Waals surface area contributed by atoms with Crippen molar-refractivity contribution in [3.05, 3.63) is 58.8 Å². The van der Waals surface area contributed by atoms with E-state index in [1.807, 2.05) is 18.2 Å². The topological polar surface area (TPSA) is 65.8 Å². The summed E-state index contributed by atoms with van der Waals surface area (Å²) in [6.45, 7) is 0. The summed E-state index contributed by atoms with van der Waals surface area (Å²) in [4.78, 5) is 16.0. The molecule has 0 bridgehead atoms. The van der Waals surface area contributed by atoms with Crippen LogP contribution in [0.3, 0.4) is 0 Å². The second-order valence-corrected chi connectivity index (χ2v) is 5.15. The summed E-state index contributed by atoms with van der Waals surface area (Å²) in [5, 5.41) is 11.9. The second kappa shape index (κ2) is 6.83. The quantitative estimate of drug-likeness (QED) is 0.936. The van der Waals surface area contributed by atoms with Crippen molar-refractivity contribution >= 4 is 27.5 Å². The number of hydrogen-bond donors (Lipinski definition) is 1. The highest BCUT2D eigenvalue weighted by molar-refractivity contribution is 9.10. The Morgan fingerprint density at radius 1 is 1.25 bits per heavy atom. The van der Waals surface area contributed by atoms with Crippen molar-refractivity contribution in [2.45, 2.75) is 6.42 Å². The normalized spacial score (nSPS) is 11.4. The molecule has 0 radical (unpaired) electrons. The highest BCUT2D eigenvalue weighted by atomic mass is 79.9.